The molecule has 0 aliphatic heterocycles. The van der Waals surface area contributed by atoms with Crippen LogP contribution in [0.3, 0.4) is 0 Å². The molecule has 1 aliphatic carbocycles. The van der Waals surface area contributed by atoms with E-state index in [0.29, 0.717) is 21.3 Å². The van der Waals surface area contributed by atoms with E-state index in [0.717, 1.165) is 12.3 Å². The predicted molar refractivity (Wildman–Crippen MR) is 77.7 cm³/mol. The zero-order valence-corrected chi connectivity index (χ0v) is 14.1. The van der Waals surface area contributed by atoms with Crippen LogP contribution in [-0.2, 0) is 9.05 Å². The van der Waals surface area contributed by atoms with Crippen LogP contribution in [0.2, 0.25) is 0 Å². The fourth-order valence-electron chi connectivity index (χ4n) is 1.55. The summed E-state index contributed by atoms with van der Waals surface area (Å²) >= 11 is 6.59. The van der Waals surface area contributed by atoms with Gasteiger partial charge in [-0.1, -0.05) is 12.8 Å². The van der Waals surface area contributed by atoms with Crippen molar-refractivity contribution in [2.24, 2.45) is 5.92 Å². The van der Waals surface area contributed by atoms with Gasteiger partial charge in [-0.3, -0.25) is 0 Å². The molecule has 18 heavy (non-hydrogen) atoms. The molecule has 0 heterocycles. The molecule has 0 saturated heterocycles. The highest BCUT2D eigenvalue weighted by Crippen LogP contribution is 2.38. The van der Waals surface area contributed by atoms with Crippen LogP contribution in [0.25, 0.3) is 0 Å². The van der Waals surface area contributed by atoms with E-state index < -0.39 is 9.05 Å². The molecule has 0 aromatic heterocycles. The van der Waals surface area contributed by atoms with Gasteiger partial charge in [0.05, 0.1) is 20.4 Å². The van der Waals surface area contributed by atoms with E-state index in [1.807, 2.05) is 0 Å². The first-order chi connectivity index (χ1) is 8.38. The fraction of sp³-hybridized carbons (Fsp3) is 0.455. The number of benzene rings is 1. The van der Waals surface area contributed by atoms with Gasteiger partial charge >= 0.3 is 0 Å². The van der Waals surface area contributed by atoms with E-state index in [1.165, 1.54) is 25.0 Å². The van der Waals surface area contributed by atoms with Crippen molar-refractivity contribution in [2.45, 2.75) is 24.2 Å². The molecule has 1 saturated carbocycles. The Morgan fingerprint density at radius 2 is 1.83 bits per heavy atom. The summed E-state index contributed by atoms with van der Waals surface area (Å²) in [7, 11) is 1.57. The van der Waals surface area contributed by atoms with Crippen molar-refractivity contribution >= 4 is 51.6 Å². The van der Waals surface area contributed by atoms with Gasteiger partial charge in [0.25, 0.3) is 9.05 Å². The molecular weight excluding hydrogens is 407 g/mol. The number of hydrogen-bond acceptors (Lipinski definition) is 3. The molecular formula is C11H11Br2ClO3S. The minimum Gasteiger partial charge on any atom is -0.491 e. The summed E-state index contributed by atoms with van der Waals surface area (Å²) in [6.45, 7) is 0.634. The van der Waals surface area contributed by atoms with Crippen molar-refractivity contribution in [3.8, 4) is 5.75 Å². The molecule has 0 radical (unpaired) electrons. The topological polar surface area (TPSA) is 43.4 Å². The molecule has 1 aromatic carbocycles. The Morgan fingerprint density at radius 3 is 2.28 bits per heavy atom. The molecule has 2 rings (SSSR count). The standard InChI is InChI=1S/C11H11Br2ClO3S/c12-9-5-8(18(14,15)16)6-10(13)11(9)17-4-3-7-1-2-7/h5-7H,1-4H2. The van der Waals surface area contributed by atoms with E-state index in [-0.39, 0.29) is 4.90 Å². The van der Waals surface area contributed by atoms with Gasteiger partial charge in [0.15, 0.2) is 0 Å². The number of rotatable bonds is 5. The van der Waals surface area contributed by atoms with Crippen molar-refractivity contribution in [3.05, 3.63) is 21.1 Å². The summed E-state index contributed by atoms with van der Waals surface area (Å²) in [6.07, 6.45) is 3.61. The Morgan fingerprint density at radius 1 is 1.28 bits per heavy atom. The molecule has 100 valence electrons. The number of hydrogen-bond donors (Lipinski definition) is 0. The van der Waals surface area contributed by atoms with E-state index in [1.54, 1.807) is 0 Å². The summed E-state index contributed by atoms with van der Waals surface area (Å²) in [6, 6.07) is 2.89. The molecule has 1 aromatic rings. The average molecular weight is 419 g/mol. The minimum absolute atomic E-state index is 0.0393. The van der Waals surface area contributed by atoms with Crippen molar-refractivity contribution < 1.29 is 13.2 Å². The van der Waals surface area contributed by atoms with E-state index in [2.05, 4.69) is 31.9 Å². The van der Waals surface area contributed by atoms with Crippen LogP contribution >= 0.6 is 42.5 Å². The predicted octanol–water partition coefficient (Wildman–Crippen LogP) is 4.32. The Hall–Kier alpha value is 0.220. The largest absolute Gasteiger partial charge is 0.491 e. The highest BCUT2D eigenvalue weighted by Gasteiger charge is 2.21. The van der Waals surface area contributed by atoms with Gasteiger partial charge in [0.1, 0.15) is 5.75 Å². The molecule has 0 amide bonds. The van der Waals surface area contributed by atoms with Gasteiger partial charge in [0.2, 0.25) is 0 Å². The van der Waals surface area contributed by atoms with Crippen molar-refractivity contribution in [1.29, 1.82) is 0 Å². The summed E-state index contributed by atoms with van der Waals surface area (Å²) in [5.74, 6) is 1.41. The molecule has 0 spiro atoms. The van der Waals surface area contributed by atoms with E-state index in [9.17, 15) is 8.42 Å². The highest BCUT2D eigenvalue weighted by atomic mass is 79.9. The third-order valence-electron chi connectivity index (χ3n) is 2.72. The van der Waals surface area contributed by atoms with Crippen LogP contribution in [0.15, 0.2) is 26.0 Å². The average Bonchev–Trinajstić information content (AvgIpc) is 3.04. The molecule has 0 atom stereocenters. The molecule has 0 bridgehead atoms. The van der Waals surface area contributed by atoms with Crippen LogP contribution in [0.4, 0.5) is 0 Å². The van der Waals surface area contributed by atoms with Crippen LogP contribution in [0.5, 0.6) is 5.75 Å². The van der Waals surface area contributed by atoms with E-state index >= 15 is 0 Å². The lowest BCUT2D eigenvalue weighted by atomic mass is 10.3. The SMILES string of the molecule is O=S(=O)(Cl)c1cc(Br)c(OCCC2CC2)c(Br)c1. The molecule has 0 unspecified atom stereocenters. The zero-order chi connectivity index (χ0) is 13.3. The second-order valence-electron chi connectivity index (χ2n) is 4.23. The maximum Gasteiger partial charge on any atom is 0.261 e. The summed E-state index contributed by atoms with van der Waals surface area (Å²) in [4.78, 5) is 0.0393. The third-order valence-corrected chi connectivity index (χ3v) is 5.23. The molecule has 1 aliphatic rings. The molecule has 1 fully saturated rings. The van der Waals surface area contributed by atoms with Crippen LogP contribution in [0, 0.1) is 5.92 Å². The Labute approximate surface area is 128 Å². The van der Waals surface area contributed by atoms with Gasteiger partial charge in [-0.15, -0.1) is 0 Å². The summed E-state index contributed by atoms with van der Waals surface area (Å²) in [5.41, 5.74) is 0. The van der Waals surface area contributed by atoms with Gasteiger partial charge in [-0.2, -0.15) is 0 Å². The Balaban J connectivity index is 2.15. The lowest BCUT2D eigenvalue weighted by Gasteiger charge is -2.11. The highest BCUT2D eigenvalue weighted by molar-refractivity contribution is 9.11. The Bertz CT molecular complexity index is 532. The van der Waals surface area contributed by atoms with Crippen LogP contribution in [-0.4, -0.2) is 15.0 Å². The lowest BCUT2D eigenvalue weighted by Crippen LogP contribution is -2.01. The zero-order valence-electron chi connectivity index (χ0n) is 9.33. The van der Waals surface area contributed by atoms with Gasteiger partial charge in [-0.05, 0) is 56.3 Å². The van der Waals surface area contributed by atoms with Gasteiger partial charge < -0.3 is 4.74 Å². The van der Waals surface area contributed by atoms with Gasteiger partial charge in [0, 0.05) is 10.7 Å². The number of halogens is 3. The summed E-state index contributed by atoms with van der Waals surface area (Å²) in [5, 5.41) is 0. The first-order valence-corrected chi connectivity index (χ1v) is 9.34. The van der Waals surface area contributed by atoms with Crippen molar-refractivity contribution in [1.82, 2.24) is 0 Å². The minimum atomic E-state index is -3.73. The molecule has 3 nitrogen and oxygen atoms in total. The van der Waals surface area contributed by atoms with Crippen molar-refractivity contribution in [2.75, 3.05) is 6.61 Å². The Kier molecular flexibility index (Phi) is 4.62. The van der Waals surface area contributed by atoms with Crippen LogP contribution < -0.4 is 4.74 Å². The lowest BCUT2D eigenvalue weighted by molar-refractivity contribution is 0.298. The fourth-order valence-corrected chi connectivity index (χ4v) is 4.05. The number of ether oxygens (including phenoxy) is 1. The van der Waals surface area contributed by atoms with Gasteiger partial charge in [-0.25, -0.2) is 8.42 Å². The molecule has 7 heteroatoms. The van der Waals surface area contributed by atoms with E-state index in [4.69, 9.17) is 15.4 Å². The quantitative estimate of drug-likeness (QED) is 0.669. The smallest absolute Gasteiger partial charge is 0.261 e. The second-order valence-corrected chi connectivity index (χ2v) is 8.51. The normalized spacial score (nSPS) is 15.7. The first-order valence-electron chi connectivity index (χ1n) is 5.44. The monoisotopic (exact) mass is 416 g/mol. The summed E-state index contributed by atoms with van der Waals surface area (Å²) < 4.78 is 29.3. The maximum atomic E-state index is 11.2. The maximum absolute atomic E-state index is 11.2. The third kappa shape index (κ3) is 3.85. The van der Waals surface area contributed by atoms with Crippen LogP contribution in [0.1, 0.15) is 19.3 Å². The molecule has 0 N–H and O–H groups in total. The second kappa shape index (κ2) is 5.69. The van der Waals surface area contributed by atoms with Crippen molar-refractivity contribution in [3.63, 3.8) is 0 Å². The first kappa shape index (κ1) is 14.6.